The van der Waals surface area contributed by atoms with E-state index in [4.69, 9.17) is 23.2 Å². The molecule has 128 valence electrons. The predicted octanol–water partition coefficient (Wildman–Crippen LogP) is 1.20. The van der Waals surface area contributed by atoms with E-state index in [1.54, 1.807) is 36.4 Å². The van der Waals surface area contributed by atoms with Crippen LogP contribution in [0, 0.1) is 0 Å². The second-order valence-corrected chi connectivity index (χ2v) is 6.28. The van der Waals surface area contributed by atoms with E-state index in [0.717, 1.165) is 0 Å². The molecule has 0 radical (unpaired) electrons. The van der Waals surface area contributed by atoms with Crippen LogP contribution >= 0.6 is 23.2 Å². The van der Waals surface area contributed by atoms with E-state index >= 15 is 0 Å². The SMILES string of the molecule is O=C(O)c1[nH]c2cc(Cl)cc(Cl)c2c1CCC([O-])=Nc1ccccc1.[Na+]. The Morgan fingerprint density at radius 2 is 1.88 bits per heavy atom. The number of carboxylic acids is 1. The number of benzene rings is 2. The maximum absolute atomic E-state index is 12.1. The van der Waals surface area contributed by atoms with Gasteiger partial charge in [-0.2, -0.15) is 0 Å². The minimum Gasteiger partial charge on any atom is -0.862 e. The number of nitrogens with one attached hydrogen (secondary N) is 1. The molecule has 3 rings (SSSR count). The first-order valence-electron chi connectivity index (χ1n) is 7.48. The fourth-order valence-corrected chi connectivity index (χ4v) is 3.29. The van der Waals surface area contributed by atoms with Gasteiger partial charge in [-0.05, 0) is 48.6 Å². The molecule has 0 fully saturated rings. The molecule has 0 saturated heterocycles. The van der Waals surface area contributed by atoms with Gasteiger partial charge in [0.05, 0.1) is 10.7 Å². The number of aromatic nitrogens is 1. The van der Waals surface area contributed by atoms with E-state index < -0.39 is 5.97 Å². The number of hydrogen-bond donors (Lipinski definition) is 2. The van der Waals surface area contributed by atoms with Gasteiger partial charge < -0.3 is 15.2 Å². The summed E-state index contributed by atoms with van der Waals surface area (Å²) in [6.07, 6.45) is 0.277. The average molecular weight is 399 g/mol. The van der Waals surface area contributed by atoms with E-state index in [1.807, 2.05) is 6.07 Å². The Kier molecular flexibility index (Phi) is 7.15. The number of para-hydroxylation sites is 1. The van der Waals surface area contributed by atoms with Gasteiger partial charge in [-0.1, -0.05) is 41.4 Å². The van der Waals surface area contributed by atoms with Crippen molar-refractivity contribution in [2.75, 3.05) is 0 Å². The largest absolute Gasteiger partial charge is 1.00 e. The third kappa shape index (κ3) is 4.61. The molecule has 0 aliphatic carbocycles. The zero-order valence-corrected chi connectivity index (χ0v) is 17.4. The molecule has 3 aromatic rings. The summed E-state index contributed by atoms with van der Waals surface area (Å²) in [5, 5.41) is 22.8. The second kappa shape index (κ2) is 8.93. The topological polar surface area (TPSA) is 88.5 Å². The second-order valence-electron chi connectivity index (χ2n) is 5.43. The van der Waals surface area contributed by atoms with Crippen molar-refractivity contribution < 1.29 is 44.6 Å². The van der Waals surface area contributed by atoms with Crippen LogP contribution in [0.2, 0.25) is 10.0 Å². The summed E-state index contributed by atoms with van der Waals surface area (Å²) < 4.78 is 0. The summed E-state index contributed by atoms with van der Waals surface area (Å²) in [4.78, 5) is 18.3. The summed E-state index contributed by atoms with van der Waals surface area (Å²) in [5.41, 5.74) is 1.57. The number of nitrogens with zero attached hydrogens (tertiary/aromatic N) is 1. The molecule has 0 atom stereocenters. The fraction of sp³-hybridized carbons (Fsp3) is 0.111. The number of carboxylic acid groups (broad SMARTS) is 1. The van der Waals surface area contributed by atoms with Crippen molar-refractivity contribution >= 4 is 51.7 Å². The molecule has 0 aliphatic heterocycles. The number of aryl methyl sites for hydroxylation is 1. The van der Waals surface area contributed by atoms with E-state index in [1.165, 1.54) is 0 Å². The zero-order valence-electron chi connectivity index (χ0n) is 13.9. The van der Waals surface area contributed by atoms with Crippen molar-refractivity contribution in [3.05, 3.63) is 63.8 Å². The Morgan fingerprint density at radius 1 is 1.19 bits per heavy atom. The van der Waals surface area contributed by atoms with Crippen LogP contribution in [-0.4, -0.2) is 22.0 Å². The molecule has 0 unspecified atom stereocenters. The van der Waals surface area contributed by atoms with E-state index in [2.05, 4.69) is 9.98 Å². The molecule has 1 aromatic heterocycles. The zero-order chi connectivity index (χ0) is 18.0. The van der Waals surface area contributed by atoms with Gasteiger partial charge in [-0.3, -0.25) is 4.99 Å². The first-order chi connectivity index (χ1) is 12.0. The van der Waals surface area contributed by atoms with Crippen molar-refractivity contribution in [1.29, 1.82) is 0 Å². The van der Waals surface area contributed by atoms with Gasteiger partial charge in [0.1, 0.15) is 5.69 Å². The van der Waals surface area contributed by atoms with Crippen LogP contribution in [0.4, 0.5) is 5.69 Å². The van der Waals surface area contributed by atoms with Crippen LogP contribution in [0.25, 0.3) is 10.9 Å². The summed E-state index contributed by atoms with van der Waals surface area (Å²) >= 11 is 12.2. The van der Waals surface area contributed by atoms with Crippen LogP contribution in [-0.2, 0) is 6.42 Å². The minimum absolute atomic E-state index is 0. The monoisotopic (exact) mass is 398 g/mol. The van der Waals surface area contributed by atoms with E-state index in [9.17, 15) is 15.0 Å². The molecule has 0 aliphatic rings. The Bertz CT molecular complexity index is 971. The number of hydrogen-bond acceptors (Lipinski definition) is 3. The third-order valence-electron chi connectivity index (χ3n) is 3.73. The average Bonchev–Trinajstić information content (AvgIpc) is 2.93. The summed E-state index contributed by atoms with van der Waals surface area (Å²) in [6.45, 7) is 0. The summed E-state index contributed by atoms with van der Waals surface area (Å²) in [6, 6.07) is 12.0. The number of aromatic carboxylic acids is 1. The van der Waals surface area contributed by atoms with Crippen molar-refractivity contribution in [2.45, 2.75) is 12.8 Å². The Balaban J connectivity index is 0.00000243. The standard InChI is InChI=1S/C18H14Cl2N2O3.Na/c19-10-8-13(20)16-12(17(18(24)25)22-14(16)9-10)6-7-15(23)21-11-4-2-1-3-5-11;/h1-5,8-9,22H,6-7H2,(H,21,23)(H,24,25);/q;+1/p-1. The summed E-state index contributed by atoms with van der Waals surface area (Å²) in [5.74, 6) is -1.45. The van der Waals surface area contributed by atoms with Gasteiger partial charge in [0.15, 0.2) is 0 Å². The smallest absolute Gasteiger partial charge is 0.862 e. The van der Waals surface area contributed by atoms with Crippen LogP contribution in [0.15, 0.2) is 47.5 Å². The minimum atomic E-state index is -1.12. The Hall–Kier alpha value is -1.50. The third-order valence-corrected chi connectivity index (χ3v) is 4.25. The first-order valence-corrected chi connectivity index (χ1v) is 8.24. The molecule has 26 heavy (non-hydrogen) atoms. The normalized spacial score (nSPS) is 11.4. The quantitative estimate of drug-likeness (QED) is 0.384. The number of halogens is 2. The number of aromatic amines is 1. The van der Waals surface area contributed by atoms with Gasteiger partial charge in [0, 0.05) is 15.9 Å². The molecule has 2 aromatic carbocycles. The van der Waals surface area contributed by atoms with Gasteiger partial charge in [-0.15, -0.1) is 0 Å². The number of carbonyl (C=O) groups is 1. The number of rotatable bonds is 5. The first kappa shape index (κ1) is 20.8. The van der Waals surface area contributed by atoms with Gasteiger partial charge in [-0.25, -0.2) is 4.79 Å². The molecule has 0 spiro atoms. The van der Waals surface area contributed by atoms with E-state index in [-0.39, 0.29) is 54.0 Å². The Morgan fingerprint density at radius 3 is 2.54 bits per heavy atom. The van der Waals surface area contributed by atoms with Crippen molar-refractivity contribution in [2.24, 2.45) is 4.99 Å². The summed E-state index contributed by atoms with van der Waals surface area (Å²) in [7, 11) is 0. The predicted molar refractivity (Wildman–Crippen MR) is 97.1 cm³/mol. The number of H-pyrrole nitrogens is 1. The van der Waals surface area contributed by atoms with Crippen molar-refractivity contribution in [3.8, 4) is 0 Å². The van der Waals surface area contributed by atoms with Crippen molar-refractivity contribution in [3.63, 3.8) is 0 Å². The molecule has 8 heteroatoms. The number of fused-ring (bicyclic) bond motifs is 1. The van der Waals surface area contributed by atoms with Crippen molar-refractivity contribution in [1.82, 2.24) is 4.98 Å². The van der Waals surface area contributed by atoms with Gasteiger partial charge in [0.25, 0.3) is 0 Å². The molecular weight excluding hydrogens is 386 g/mol. The molecule has 5 nitrogen and oxygen atoms in total. The number of aliphatic imine (C=N–C) groups is 1. The van der Waals surface area contributed by atoms with Crippen LogP contribution < -0.4 is 34.7 Å². The molecule has 0 bridgehead atoms. The van der Waals surface area contributed by atoms with Gasteiger partial charge in [0.2, 0.25) is 0 Å². The van der Waals surface area contributed by atoms with E-state index in [0.29, 0.717) is 32.2 Å². The van der Waals surface area contributed by atoms with Crippen LogP contribution in [0.3, 0.4) is 0 Å². The maximum atomic E-state index is 12.1. The van der Waals surface area contributed by atoms with Crippen LogP contribution in [0.5, 0.6) is 0 Å². The maximum Gasteiger partial charge on any atom is 1.00 e. The van der Waals surface area contributed by atoms with Crippen LogP contribution in [0.1, 0.15) is 22.5 Å². The fourth-order valence-electron chi connectivity index (χ4n) is 2.68. The molecule has 0 saturated carbocycles. The van der Waals surface area contributed by atoms with Gasteiger partial charge >= 0.3 is 35.5 Å². The molecule has 2 N–H and O–H groups in total. The molecule has 1 heterocycles. The molecule has 0 amide bonds. The molecular formula is C18H13Cl2N2NaO3. The Labute approximate surface area is 182 Å².